The number of rotatable bonds is 6. The molecule has 0 bridgehead atoms. The van der Waals surface area contributed by atoms with Gasteiger partial charge in [0.05, 0.1) is 13.2 Å². The van der Waals surface area contributed by atoms with Crippen LogP contribution in [0.2, 0.25) is 0 Å². The summed E-state index contributed by atoms with van der Waals surface area (Å²) in [5.41, 5.74) is 6.56. The molecule has 17 heavy (non-hydrogen) atoms. The van der Waals surface area contributed by atoms with E-state index in [0.29, 0.717) is 18.7 Å². The van der Waals surface area contributed by atoms with Crippen LogP contribution in [-0.2, 0) is 16.1 Å². The van der Waals surface area contributed by atoms with Crippen molar-refractivity contribution in [3.8, 4) is 0 Å². The molecule has 1 amide bonds. The van der Waals surface area contributed by atoms with E-state index in [2.05, 4.69) is 5.32 Å². The lowest BCUT2D eigenvalue weighted by molar-refractivity contribution is -0.142. The highest BCUT2D eigenvalue weighted by Crippen LogP contribution is 2.03. The monoisotopic (exact) mass is 236 g/mol. The SMILES string of the molecule is CCOC(=O)CNCc1ccc(C(N)=O)cc1. The van der Waals surface area contributed by atoms with Gasteiger partial charge in [0.15, 0.2) is 0 Å². The van der Waals surface area contributed by atoms with E-state index >= 15 is 0 Å². The number of ether oxygens (including phenoxy) is 1. The molecule has 0 fully saturated rings. The number of nitrogens with one attached hydrogen (secondary N) is 1. The Kier molecular flexibility index (Phi) is 5.16. The minimum absolute atomic E-state index is 0.172. The van der Waals surface area contributed by atoms with Crippen LogP contribution in [0.3, 0.4) is 0 Å². The van der Waals surface area contributed by atoms with Crippen molar-refractivity contribution in [1.82, 2.24) is 5.32 Å². The number of benzene rings is 1. The summed E-state index contributed by atoms with van der Waals surface area (Å²) in [7, 11) is 0. The van der Waals surface area contributed by atoms with Crippen molar-refractivity contribution in [3.05, 3.63) is 35.4 Å². The Hall–Kier alpha value is -1.88. The summed E-state index contributed by atoms with van der Waals surface area (Å²) >= 11 is 0. The molecular weight excluding hydrogens is 220 g/mol. The van der Waals surface area contributed by atoms with Crippen LogP contribution < -0.4 is 11.1 Å². The summed E-state index contributed by atoms with van der Waals surface area (Å²) in [5, 5.41) is 2.94. The van der Waals surface area contributed by atoms with Crippen molar-refractivity contribution in [2.75, 3.05) is 13.2 Å². The second kappa shape index (κ2) is 6.65. The normalized spacial score (nSPS) is 9.94. The van der Waals surface area contributed by atoms with Crippen LogP contribution in [0.15, 0.2) is 24.3 Å². The van der Waals surface area contributed by atoms with Crippen LogP contribution in [0.5, 0.6) is 0 Å². The van der Waals surface area contributed by atoms with Crippen molar-refractivity contribution >= 4 is 11.9 Å². The molecule has 1 rings (SSSR count). The number of primary amides is 1. The van der Waals surface area contributed by atoms with Gasteiger partial charge in [-0.15, -0.1) is 0 Å². The van der Waals surface area contributed by atoms with E-state index in [1.807, 2.05) is 0 Å². The van der Waals surface area contributed by atoms with E-state index in [9.17, 15) is 9.59 Å². The van der Waals surface area contributed by atoms with Gasteiger partial charge in [0.2, 0.25) is 5.91 Å². The Labute approximate surface area is 99.9 Å². The van der Waals surface area contributed by atoms with Crippen molar-refractivity contribution in [2.45, 2.75) is 13.5 Å². The fourth-order valence-electron chi connectivity index (χ4n) is 1.31. The minimum atomic E-state index is -0.448. The molecule has 0 aliphatic heterocycles. The third-order valence-electron chi connectivity index (χ3n) is 2.14. The van der Waals surface area contributed by atoms with E-state index in [1.165, 1.54) is 0 Å². The van der Waals surface area contributed by atoms with E-state index in [-0.39, 0.29) is 12.5 Å². The lowest BCUT2D eigenvalue weighted by Crippen LogP contribution is -2.24. The van der Waals surface area contributed by atoms with E-state index in [0.717, 1.165) is 5.56 Å². The van der Waals surface area contributed by atoms with Gasteiger partial charge in [0.1, 0.15) is 0 Å². The quantitative estimate of drug-likeness (QED) is 0.702. The van der Waals surface area contributed by atoms with Gasteiger partial charge >= 0.3 is 5.97 Å². The molecule has 0 spiro atoms. The molecule has 0 aromatic heterocycles. The Morgan fingerprint density at radius 1 is 1.29 bits per heavy atom. The molecule has 0 saturated carbocycles. The second-order valence-electron chi connectivity index (χ2n) is 3.47. The average molecular weight is 236 g/mol. The third-order valence-corrected chi connectivity index (χ3v) is 2.14. The first-order valence-corrected chi connectivity index (χ1v) is 5.38. The Morgan fingerprint density at radius 2 is 1.94 bits per heavy atom. The second-order valence-corrected chi connectivity index (χ2v) is 3.47. The fourth-order valence-corrected chi connectivity index (χ4v) is 1.31. The molecule has 0 aliphatic carbocycles. The summed E-state index contributed by atoms with van der Waals surface area (Å²) in [6.07, 6.45) is 0. The van der Waals surface area contributed by atoms with Gasteiger partial charge < -0.3 is 15.8 Å². The Balaban J connectivity index is 2.37. The van der Waals surface area contributed by atoms with E-state index < -0.39 is 5.91 Å². The topological polar surface area (TPSA) is 81.4 Å². The highest BCUT2D eigenvalue weighted by Gasteiger charge is 2.02. The molecule has 0 radical (unpaired) electrons. The standard InChI is InChI=1S/C12H16N2O3/c1-2-17-11(15)8-14-7-9-3-5-10(6-4-9)12(13)16/h3-6,14H,2,7-8H2,1H3,(H2,13,16). The number of amides is 1. The molecule has 1 aromatic carbocycles. The van der Waals surface area contributed by atoms with Gasteiger partial charge in [-0.1, -0.05) is 12.1 Å². The van der Waals surface area contributed by atoms with Gasteiger partial charge in [-0.3, -0.25) is 9.59 Å². The predicted molar refractivity (Wildman–Crippen MR) is 63.3 cm³/mol. The molecule has 0 saturated heterocycles. The van der Waals surface area contributed by atoms with Gasteiger partial charge in [-0.25, -0.2) is 0 Å². The van der Waals surface area contributed by atoms with E-state index in [4.69, 9.17) is 10.5 Å². The van der Waals surface area contributed by atoms with E-state index in [1.54, 1.807) is 31.2 Å². The number of esters is 1. The molecular formula is C12H16N2O3. The zero-order valence-corrected chi connectivity index (χ0v) is 9.73. The Morgan fingerprint density at radius 3 is 2.47 bits per heavy atom. The highest BCUT2D eigenvalue weighted by atomic mass is 16.5. The average Bonchev–Trinajstić information content (AvgIpc) is 2.30. The lowest BCUT2D eigenvalue weighted by atomic mass is 10.1. The maximum atomic E-state index is 11.0. The van der Waals surface area contributed by atoms with Crippen molar-refractivity contribution < 1.29 is 14.3 Å². The molecule has 92 valence electrons. The smallest absolute Gasteiger partial charge is 0.319 e. The first-order valence-electron chi connectivity index (χ1n) is 5.38. The number of hydrogen-bond donors (Lipinski definition) is 2. The van der Waals surface area contributed by atoms with Crippen LogP contribution in [-0.4, -0.2) is 25.0 Å². The van der Waals surface area contributed by atoms with Gasteiger partial charge in [0, 0.05) is 12.1 Å². The molecule has 0 aliphatic rings. The maximum Gasteiger partial charge on any atom is 0.319 e. The van der Waals surface area contributed by atoms with Crippen molar-refractivity contribution in [2.24, 2.45) is 5.73 Å². The van der Waals surface area contributed by atoms with Gasteiger partial charge in [0.25, 0.3) is 0 Å². The van der Waals surface area contributed by atoms with Crippen LogP contribution in [0.1, 0.15) is 22.8 Å². The number of carbonyl (C=O) groups is 2. The Bertz CT molecular complexity index is 387. The third kappa shape index (κ3) is 4.65. The van der Waals surface area contributed by atoms with Gasteiger partial charge in [-0.2, -0.15) is 0 Å². The fraction of sp³-hybridized carbons (Fsp3) is 0.333. The summed E-state index contributed by atoms with van der Waals surface area (Å²) in [6.45, 7) is 2.86. The van der Waals surface area contributed by atoms with Crippen molar-refractivity contribution in [1.29, 1.82) is 0 Å². The first-order chi connectivity index (χ1) is 8.13. The van der Waals surface area contributed by atoms with Crippen molar-refractivity contribution in [3.63, 3.8) is 0 Å². The van der Waals surface area contributed by atoms with Crippen LogP contribution >= 0.6 is 0 Å². The highest BCUT2D eigenvalue weighted by molar-refractivity contribution is 5.92. The number of carbonyl (C=O) groups excluding carboxylic acids is 2. The van der Waals surface area contributed by atoms with Crippen LogP contribution in [0.4, 0.5) is 0 Å². The molecule has 3 N–H and O–H groups in total. The van der Waals surface area contributed by atoms with Gasteiger partial charge in [-0.05, 0) is 24.6 Å². The molecule has 1 aromatic rings. The number of hydrogen-bond acceptors (Lipinski definition) is 4. The lowest BCUT2D eigenvalue weighted by Gasteiger charge is -2.05. The zero-order chi connectivity index (χ0) is 12.7. The summed E-state index contributed by atoms with van der Waals surface area (Å²) in [5.74, 6) is -0.725. The maximum absolute atomic E-state index is 11.0. The summed E-state index contributed by atoms with van der Waals surface area (Å²) in [6, 6.07) is 6.89. The zero-order valence-electron chi connectivity index (χ0n) is 9.73. The largest absolute Gasteiger partial charge is 0.465 e. The van der Waals surface area contributed by atoms with Crippen LogP contribution in [0.25, 0.3) is 0 Å². The summed E-state index contributed by atoms with van der Waals surface area (Å²) < 4.78 is 4.77. The number of nitrogens with two attached hydrogens (primary N) is 1. The molecule has 0 unspecified atom stereocenters. The predicted octanol–water partition coefficient (Wildman–Crippen LogP) is 0.438. The first kappa shape index (κ1) is 13.2. The molecule has 5 heteroatoms. The molecule has 0 heterocycles. The van der Waals surface area contributed by atoms with Crippen LogP contribution in [0, 0.1) is 0 Å². The minimum Gasteiger partial charge on any atom is -0.465 e. The molecule has 0 atom stereocenters. The molecule has 5 nitrogen and oxygen atoms in total. The summed E-state index contributed by atoms with van der Waals surface area (Å²) in [4.78, 5) is 21.9.